The Bertz CT molecular complexity index is 1540. The molecule has 1 heterocycles. The zero-order chi connectivity index (χ0) is 30.8. The van der Waals surface area contributed by atoms with Crippen molar-refractivity contribution in [1.82, 2.24) is 10.3 Å². The highest BCUT2D eigenvalue weighted by Crippen LogP contribution is 2.26. The van der Waals surface area contributed by atoms with Gasteiger partial charge < -0.3 is 24.8 Å². The van der Waals surface area contributed by atoms with E-state index >= 15 is 0 Å². The molecule has 10 heteroatoms. The second-order valence-electron chi connectivity index (χ2n) is 10.5. The summed E-state index contributed by atoms with van der Waals surface area (Å²) in [6.07, 6.45) is -1.28. The van der Waals surface area contributed by atoms with Crippen molar-refractivity contribution >= 4 is 23.8 Å². The number of hydrogen-bond donors (Lipinski definition) is 2. The molecule has 4 rings (SSSR count). The molecule has 43 heavy (non-hydrogen) atoms. The molecule has 0 aliphatic heterocycles. The van der Waals surface area contributed by atoms with E-state index in [0.29, 0.717) is 17.2 Å². The van der Waals surface area contributed by atoms with Crippen LogP contribution in [0.3, 0.4) is 0 Å². The molecule has 4 aromatic rings. The fourth-order valence-electron chi connectivity index (χ4n) is 3.83. The number of anilines is 1. The molecule has 0 saturated carbocycles. The van der Waals surface area contributed by atoms with Gasteiger partial charge in [-0.1, -0.05) is 36.4 Å². The summed E-state index contributed by atoms with van der Waals surface area (Å²) < 4.78 is 29.5. The van der Waals surface area contributed by atoms with Crippen LogP contribution < -0.4 is 15.4 Å². The van der Waals surface area contributed by atoms with Gasteiger partial charge in [-0.2, -0.15) is 0 Å². The van der Waals surface area contributed by atoms with E-state index in [4.69, 9.17) is 14.2 Å². The van der Waals surface area contributed by atoms with Gasteiger partial charge in [-0.05, 0) is 87.0 Å². The molecule has 0 aliphatic rings. The maximum atomic E-state index is 13.2. The largest absolute Gasteiger partial charge is 0.461 e. The first-order chi connectivity index (χ1) is 20.5. The number of pyridine rings is 1. The van der Waals surface area contributed by atoms with Crippen LogP contribution in [-0.4, -0.2) is 34.6 Å². The van der Waals surface area contributed by atoms with Gasteiger partial charge in [-0.15, -0.1) is 0 Å². The number of esters is 1. The molecule has 9 nitrogen and oxygen atoms in total. The van der Waals surface area contributed by atoms with E-state index in [1.54, 1.807) is 75.4 Å². The van der Waals surface area contributed by atoms with Gasteiger partial charge in [0.05, 0.1) is 12.1 Å². The highest BCUT2D eigenvalue weighted by Gasteiger charge is 2.28. The number of rotatable bonds is 10. The maximum Gasteiger partial charge on any atom is 0.408 e. The Kier molecular flexibility index (Phi) is 10.1. The van der Waals surface area contributed by atoms with E-state index in [0.717, 1.165) is 11.1 Å². The lowest BCUT2D eigenvalue weighted by molar-refractivity contribution is -0.146. The Morgan fingerprint density at radius 1 is 0.837 bits per heavy atom. The van der Waals surface area contributed by atoms with Gasteiger partial charge >= 0.3 is 12.1 Å². The third kappa shape index (κ3) is 9.96. The lowest BCUT2D eigenvalue weighted by atomic mass is 10.1. The van der Waals surface area contributed by atoms with Crippen LogP contribution in [0, 0.1) is 5.82 Å². The molecule has 0 radical (unpaired) electrons. The molecule has 1 atom stereocenters. The Balaban J connectivity index is 1.43. The standard InChI is InChI=1S/C33H32FN3O6/c1-33(2,3)43-32(40)36-28(20-30(38)41-21-22-8-5-4-6-9-22)31(39)37-29-11-7-10-27(35-29)23-12-16-25(17-13-23)42-26-18-14-24(34)15-19-26/h4-19,28H,20-21H2,1-3H3,(H,36,40)(H,35,37,39)/t28-/m0/s1. The van der Waals surface area contributed by atoms with Crippen molar-refractivity contribution in [3.8, 4) is 22.8 Å². The van der Waals surface area contributed by atoms with Crippen molar-refractivity contribution < 1.29 is 33.0 Å². The van der Waals surface area contributed by atoms with Crippen LogP contribution in [0.5, 0.6) is 11.5 Å². The number of aromatic nitrogens is 1. The minimum Gasteiger partial charge on any atom is -0.461 e. The SMILES string of the molecule is CC(C)(C)OC(=O)N[C@@H](CC(=O)OCc1ccccc1)C(=O)Nc1cccc(-c2ccc(Oc3ccc(F)cc3)cc2)n1. The number of carbonyl (C=O) groups is 3. The topological polar surface area (TPSA) is 116 Å². The van der Waals surface area contributed by atoms with Crippen molar-refractivity contribution in [3.63, 3.8) is 0 Å². The molecule has 1 aromatic heterocycles. The monoisotopic (exact) mass is 585 g/mol. The van der Waals surface area contributed by atoms with Crippen LogP contribution in [0.4, 0.5) is 15.0 Å². The second-order valence-corrected chi connectivity index (χ2v) is 10.5. The predicted molar refractivity (Wildman–Crippen MR) is 159 cm³/mol. The lowest BCUT2D eigenvalue weighted by Crippen LogP contribution is -2.47. The predicted octanol–water partition coefficient (Wildman–Crippen LogP) is 6.65. The number of nitrogens with one attached hydrogen (secondary N) is 2. The van der Waals surface area contributed by atoms with Crippen molar-refractivity contribution in [2.45, 2.75) is 45.4 Å². The number of alkyl carbamates (subject to hydrolysis) is 1. The highest BCUT2D eigenvalue weighted by atomic mass is 19.1. The van der Waals surface area contributed by atoms with Crippen molar-refractivity contribution in [2.24, 2.45) is 0 Å². The molecule has 0 bridgehead atoms. The molecule has 0 aliphatic carbocycles. The molecular formula is C33H32FN3O6. The molecule has 0 spiro atoms. The van der Waals surface area contributed by atoms with Crippen LogP contribution in [0.2, 0.25) is 0 Å². The first-order valence-corrected chi connectivity index (χ1v) is 13.5. The molecule has 0 saturated heterocycles. The summed E-state index contributed by atoms with van der Waals surface area (Å²) >= 11 is 0. The first kappa shape index (κ1) is 30.7. The van der Waals surface area contributed by atoms with Crippen LogP contribution in [0.25, 0.3) is 11.3 Å². The molecule has 222 valence electrons. The maximum absolute atomic E-state index is 13.2. The zero-order valence-corrected chi connectivity index (χ0v) is 24.0. The molecule has 3 aromatic carbocycles. The van der Waals surface area contributed by atoms with E-state index in [2.05, 4.69) is 15.6 Å². The van der Waals surface area contributed by atoms with Gasteiger partial charge in [-0.25, -0.2) is 14.2 Å². The van der Waals surface area contributed by atoms with Crippen molar-refractivity contribution in [3.05, 3.63) is 108 Å². The second kappa shape index (κ2) is 14.1. The minimum atomic E-state index is -1.29. The van der Waals surface area contributed by atoms with Crippen molar-refractivity contribution in [2.75, 3.05) is 5.32 Å². The fraction of sp³-hybridized carbons (Fsp3) is 0.212. The van der Waals surface area contributed by atoms with Gasteiger partial charge in [0.25, 0.3) is 0 Å². The third-order valence-electron chi connectivity index (χ3n) is 5.82. The third-order valence-corrected chi connectivity index (χ3v) is 5.82. The van der Waals surface area contributed by atoms with E-state index in [1.165, 1.54) is 24.3 Å². The summed E-state index contributed by atoms with van der Waals surface area (Å²) in [6, 6.07) is 25.7. The number of amides is 2. The Morgan fingerprint density at radius 2 is 1.49 bits per heavy atom. The van der Waals surface area contributed by atoms with E-state index in [9.17, 15) is 18.8 Å². The summed E-state index contributed by atoms with van der Waals surface area (Å²) in [6.45, 7) is 5.09. The Labute approximate surface area is 249 Å². The molecule has 2 N–H and O–H groups in total. The molecule has 2 amide bonds. The van der Waals surface area contributed by atoms with Crippen molar-refractivity contribution in [1.29, 1.82) is 0 Å². The summed E-state index contributed by atoms with van der Waals surface area (Å²) in [4.78, 5) is 42.8. The number of nitrogens with zero attached hydrogens (tertiary/aromatic N) is 1. The van der Waals surface area contributed by atoms with Gasteiger partial charge in [0.2, 0.25) is 5.91 Å². The molecular weight excluding hydrogens is 553 g/mol. The zero-order valence-electron chi connectivity index (χ0n) is 24.0. The van der Waals surface area contributed by atoms with E-state index in [1.807, 2.05) is 18.2 Å². The van der Waals surface area contributed by atoms with Gasteiger partial charge in [0.1, 0.15) is 41.4 Å². The van der Waals surface area contributed by atoms with E-state index in [-0.39, 0.29) is 18.2 Å². The average molecular weight is 586 g/mol. The van der Waals surface area contributed by atoms with Crippen LogP contribution in [0.1, 0.15) is 32.8 Å². The quantitative estimate of drug-likeness (QED) is 0.200. The minimum absolute atomic E-state index is 0.0256. The fourth-order valence-corrected chi connectivity index (χ4v) is 3.83. The van der Waals surface area contributed by atoms with Crippen LogP contribution in [-0.2, 0) is 25.7 Å². The Hall–Kier alpha value is -5.25. The summed E-state index contributed by atoms with van der Waals surface area (Å²) in [5, 5.41) is 5.13. The number of carbonyl (C=O) groups excluding carboxylic acids is 3. The summed E-state index contributed by atoms with van der Waals surface area (Å²) in [5.41, 5.74) is 1.28. The van der Waals surface area contributed by atoms with Crippen LogP contribution in [0.15, 0.2) is 97.1 Å². The first-order valence-electron chi connectivity index (χ1n) is 13.5. The molecule has 0 unspecified atom stereocenters. The Morgan fingerprint density at radius 3 is 2.14 bits per heavy atom. The average Bonchev–Trinajstić information content (AvgIpc) is 2.97. The van der Waals surface area contributed by atoms with Gasteiger partial charge in [0, 0.05) is 5.56 Å². The number of ether oxygens (including phenoxy) is 3. The normalized spacial score (nSPS) is 11.6. The molecule has 0 fully saturated rings. The number of hydrogen-bond acceptors (Lipinski definition) is 7. The van der Waals surface area contributed by atoms with E-state index < -0.39 is 36.0 Å². The lowest BCUT2D eigenvalue weighted by Gasteiger charge is -2.23. The summed E-state index contributed by atoms with van der Waals surface area (Å²) in [7, 11) is 0. The number of benzene rings is 3. The summed E-state index contributed by atoms with van der Waals surface area (Å²) in [5.74, 6) is -0.441. The van der Waals surface area contributed by atoms with Crippen LogP contribution >= 0.6 is 0 Å². The number of halogens is 1. The smallest absolute Gasteiger partial charge is 0.408 e. The highest BCUT2D eigenvalue weighted by molar-refractivity contribution is 5.98. The van der Waals surface area contributed by atoms with Gasteiger partial charge in [0.15, 0.2) is 0 Å². The van der Waals surface area contributed by atoms with Gasteiger partial charge in [-0.3, -0.25) is 9.59 Å².